The predicted molar refractivity (Wildman–Crippen MR) is 128 cm³/mol. The van der Waals surface area contributed by atoms with Crippen LogP contribution in [0, 0.1) is 0 Å². The highest BCUT2D eigenvalue weighted by Crippen LogP contribution is 2.21. The van der Waals surface area contributed by atoms with Crippen LogP contribution >= 0.6 is 0 Å². The molecule has 1 aromatic heterocycles. The number of unbranched alkanes of at least 4 members (excludes halogenated alkanes) is 5. The molecular weight excluding hydrogens is 414 g/mol. The number of hydrogen-bond acceptors (Lipinski definition) is 4. The standard InChI is InChI=1S/C28H34NO4/c1-29-18-12-15-25(22-29)28(30)32-20-10-5-3-2-4-9-19-31-26-16-11-17-27(21-26)33-23-24-13-7-6-8-14-24/h6-8,11-18,21-22H,2-5,9-10,19-20,23H2,1H3/q+1. The highest BCUT2D eigenvalue weighted by molar-refractivity contribution is 5.88. The molecule has 0 aliphatic carbocycles. The van der Waals surface area contributed by atoms with Crippen LogP contribution in [0.5, 0.6) is 11.5 Å². The maximum Gasteiger partial charge on any atom is 0.344 e. The molecule has 0 aliphatic heterocycles. The highest BCUT2D eigenvalue weighted by Gasteiger charge is 2.10. The van der Waals surface area contributed by atoms with Crippen LogP contribution in [0.4, 0.5) is 0 Å². The van der Waals surface area contributed by atoms with Crippen molar-refractivity contribution >= 4 is 5.97 Å². The first kappa shape index (κ1) is 24.3. The maximum atomic E-state index is 12.0. The minimum absolute atomic E-state index is 0.252. The fourth-order valence-electron chi connectivity index (χ4n) is 3.45. The fraction of sp³-hybridized carbons (Fsp3) is 0.357. The second-order valence-corrected chi connectivity index (χ2v) is 8.11. The molecular formula is C28H34NO4+. The number of carbonyl (C=O) groups is 1. The average molecular weight is 449 g/mol. The lowest BCUT2D eigenvalue weighted by Crippen LogP contribution is -2.28. The van der Waals surface area contributed by atoms with Crippen LogP contribution in [0.15, 0.2) is 79.1 Å². The normalized spacial score (nSPS) is 10.6. The lowest BCUT2D eigenvalue weighted by atomic mass is 10.1. The van der Waals surface area contributed by atoms with Gasteiger partial charge in [-0.3, -0.25) is 0 Å². The van der Waals surface area contributed by atoms with Crippen LogP contribution in [-0.4, -0.2) is 19.2 Å². The van der Waals surface area contributed by atoms with Gasteiger partial charge in [0.1, 0.15) is 30.7 Å². The predicted octanol–water partition coefficient (Wildman–Crippen LogP) is 5.67. The first-order chi connectivity index (χ1) is 16.2. The van der Waals surface area contributed by atoms with Crippen molar-refractivity contribution in [3.63, 3.8) is 0 Å². The number of ether oxygens (including phenoxy) is 3. The van der Waals surface area contributed by atoms with E-state index in [4.69, 9.17) is 14.2 Å². The van der Waals surface area contributed by atoms with Crippen LogP contribution < -0.4 is 14.0 Å². The smallest absolute Gasteiger partial charge is 0.344 e. The Balaban J connectivity index is 1.20. The summed E-state index contributed by atoms with van der Waals surface area (Å²) in [5, 5.41) is 0. The fourth-order valence-corrected chi connectivity index (χ4v) is 3.45. The molecule has 1 heterocycles. The van der Waals surface area contributed by atoms with Gasteiger partial charge in [0.2, 0.25) is 0 Å². The maximum absolute atomic E-state index is 12.0. The number of carbonyl (C=O) groups excluding carboxylic acids is 1. The van der Waals surface area contributed by atoms with Crippen molar-refractivity contribution in [2.45, 2.75) is 45.1 Å². The van der Waals surface area contributed by atoms with E-state index in [-0.39, 0.29) is 5.97 Å². The highest BCUT2D eigenvalue weighted by atomic mass is 16.5. The molecule has 0 spiro atoms. The summed E-state index contributed by atoms with van der Waals surface area (Å²) in [6.07, 6.45) is 10.1. The molecule has 5 heteroatoms. The van der Waals surface area contributed by atoms with E-state index in [1.165, 1.54) is 0 Å². The van der Waals surface area contributed by atoms with E-state index in [9.17, 15) is 4.79 Å². The molecule has 3 rings (SSSR count). The van der Waals surface area contributed by atoms with Crippen molar-refractivity contribution in [2.75, 3.05) is 13.2 Å². The summed E-state index contributed by atoms with van der Waals surface area (Å²) >= 11 is 0. The Bertz CT molecular complexity index is 974. The van der Waals surface area contributed by atoms with E-state index >= 15 is 0 Å². The van der Waals surface area contributed by atoms with Crippen molar-refractivity contribution in [2.24, 2.45) is 7.05 Å². The van der Waals surface area contributed by atoms with Crippen molar-refractivity contribution in [1.82, 2.24) is 0 Å². The quantitative estimate of drug-likeness (QED) is 0.181. The molecule has 2 aromatic carbocycles. The molecule has 174 valence electrons. The van der Waals surface area contributed by atoms with E-state index in [1.54, 1.807) is 12.3 Å². The lowest BCUT2D eigenvalue weighted by molar-refractivity contribution is -0.671. The van der Waals surface area contributed by atoms with Gasteiger partial charge in [-0.15, -0.1) is 0 Å². The van der Waals surface area contributed by atoms with Gasteiger partial charge in [-0.1, -0.05) is 62.1 Å². The average Bonchev–Trinajstić information content (AvgIpc) is 2.84. The summed E-state index contributed by atoms with van der Waals surface area (Å²) in [4.78, 5) is 12.0. The summed E-state index contributed by atoms with van der Waals surface area (Å²) in [5.41, 5.74) is 1.74. The molecule has 0 radical (unpaired) electrons. The van der Waals surface area contributed by atoms with E-state index in [0.717, 1.165) is 55.6 Å². The first-order valence-electron chi connectivity index (χ1n) is 11.7. The minimum Gasteiger partial charge on any atom is -0.493 e. The number of benzene rings is 2. The number of rotatable bonds is 14. The van der Waals surface area contributed by atoms with Crippen molar-refractivity contribution in [1.29, 1.82) is 0 Å². The summed E-state index contributed by atoms with van der Waals surface area (Å²) in [7, 11) is 1.89. The van der Waals surface area contributed by atoms with Crippen molar-refractivity contribution in [3.8, 4) is 11.5 Å². The topological polar surface area (TPSA) is 48.6 Å². The molecule has 5 nitrogen and oxygen atoms in total. The molecule has 0 atom stereocenters. The molecule has 0 saturated heterocycles. The van der Waals surface area contributed by atoms with Gasteiger partial charge in [-0.2, -0.15) is 0 Å². The van der Waals surface area contributed by atoms with Crippen LogP contribution in [0.3, 0.4) is 0 Å². The van der Waals surface area contributed by atoms with Crippen LogP contribution in [0.25, 0.3) is 0 Å². The van der Waals surface area contributed by atoms with Gasteiger partial charge < -0.3 is 14.2 Å². The van der Waals surface area contributed by atoms with Crippen LogP contribution in [0.2, 0.25) is 0 Å². The zero-order chi connectivity index (χ0) is 23.1. The van der Waals surface area contributed by atoms with E-state index < -0.39 is 0 Å². The summed E-state index contributed by atoms with van der Waals surface area (Å²) in [6.45, 7) is 1.73. The van der Waals surface area contributed by atoms with Crippen molar-refractivity contribution in [3.05, 3.63) is 90.3 Å². The number of nitrogens with zero attached hydrogens (tertiary/aromatic N) is 1. The van der Waals surface area contributed by atoms with E-state index in [1.807, 2.05) is 66.3 Å². The van der Waals surface area contributed by atoms with Crippen LogP contribution in [-0.2, 0) is 18.4 Å². The van der Waals surface area contributed by atoms with Gasteiger partial charge in [0.15, 0.2) is 12.4 Å². The molecule has 3 aromatic rings. The third kappa shape index (κ3) is 9.36. The molecule has 0 bridgehead atoms. The number of esters is 1. The van der Waals surface area contributed by atoms with Crippen LogP contribution in [0.1, 0.15) is 54.4 Å². The Kier molecular flexibility index (Phi) is 10.3. The molecule has 33 heavy (non-hydrogen) atoms. The number of aromatic nitrogens is 1. The van der Waals surface area contributed by atoms with Gasteiger partial charge in [-0.05, 0) is 36.6 Å². The molecule has 0 amide bonds. The summed E-state index contributed by atoms with van der Waals surface area (Å²) in [5.74, 6) is 1.41. The monoisotopic (exact) mass is 448 g/mol. The molecule has 0 unspecified atom stereocenters. The summed E-state index contributed by atoms with van der Waals surface area (Å²) in [6, 6.07) is 21.6. The lowest BCUT2D eigenvalue weighted by Gasteiger charge is -2.10. The summed E-state index contributed by atoms with van der Waals surface area (Å²) < 4.78 is 18.9. The SMILES string of the molecule is C[n+]1cccc(C(=O)OCCCCCCCCOc2cccc(OCc3ccccc3)c2)c1. The van der Waals surface area contributed by atoms with Gasteiger partial charge >= 0.3 is 5.97 Å². The van der Waals surface area contributed by atoms with Crippen molar-refractivity contribution < 1.29 is 23.6 Å². The second-order valence-electron chi connectivity index (χ2n) is 8.11. The Labute approximate surface area is 196 Å². The number of hydrogen-bond donors (Lipinski definition) is 0. The second kappa shape index (κ2) is 13.9. The van der Waals surface area contributed by atoms with E-state index in [0.29, 0.717) is 25.4 Å². The third-order valence-electron chi connectivity index (χ3n) is 5.27. The van der Waals surface area contributed by atoms with Gasteiger partial charge in [0.05, 0.1) is 13.2 Å². The zero-order valence-corrected chi connectivity index (χ0v) is 19.4. The van der Waals surface area contributed by atoms with E-state index in [2.05, 4.69) is 12.1 Å². The van der Waals surface area contributed by atoms with Gasteiger partial charge in [-0.25, -0.2) is 9.36 Å². The Morgan fingerprint density at radius 2 is 1.45 bits per heavy atom. The largest absolute Gasteiger partial charge is 0.493 e. The molecule has 0 N–H and O–H groups in total. The number of pyridine rings is 1. The first-order valence-corrected chi connectivity index (χ1v) is 11.7. The third-order valence-corrected chi connectivity index (χ3v) is 5.27. The van der Waals surface area contributed by atoms with Gasteiger partial charge in [0.25, 0.3) is 0 Å². The van der Waals surface area contributed by atoms with Gasteiger partial charge in [0, 0.05) is 12.1 Å². The zero-order valence-electron chi connectivity index (χ0n) is 19.4. The molecule has 0 aliphatic rings. The number of aryl methyl sites for hydroxylation is 1. The molecule has 0 fully saturated rings. The molecule has 0 saturated carbocycles. The minimum atomic E-state index is -0.252. The Morgan fingerprint density at radius 1 is 0.758 bits per heavy atom. The Hall–Kier alpha value is -3.34. The Morgan fingerprint density at radius 3 is 2.21 bits per heavy atom.